The van der Waals surface area contributed by atoms with Crippen LogP contribution < -0.4 is 0 Å². The predicted octanol–water partition coefficient (Wildman–Crippen LogP) is 2.10. The number of hydrogen-bond donors (Lipinski definition) is 0. The lowest BCUT2D eigenvalue weighted by atomic mass is 9.88. The summed E-state index contributed by atoms with van der Waals surface area (Å²) in [4.78, 5) is 30.6. The Morgan fingerprint density at radius 3 is 2.65 bits per heavy atom. The standard InChI is InChI=1S/C20H27N3O2.ClH/c1-14-6-3-4-7-16(14)20-17-12-23(11-15(17)10-21(20)2)19(25)13-22-9-5-8-18(22)24;/h3-4,6-7,15,17,20H,5,8-13H2,1-2H3;1H/t15-,17+,20+;/m0./s1. The highest BCUT2D eigenvalue weighted by Gasteiger charge is 2.47. The molecule has 3 atom stereocenters. The molecule has 26 heavy (non-hydrogen) atoms. The van der Waals surface area contributed by atoms with Crippen LogP contribution in [0.2, 0.25) is 0 Å². The normalized spacial score (nSPS) is 28.4. The van der Waals surface area contributed by atoms with E-state index in [9.17, 15) is 9.59 Å². The third-order valence-corrected chi connectivity index (χ3v) is 6.25. The highest BCUT2D eigenvalue weighted by molar-refractivity contribution is 5.86. The molecule has 0 N–H and O–H groups in total. The van der Waals surface area contributed by atoms with E-state index in [4.69, 9.17) is 0 Å². The number of hydrogen-bond acceptors (Lipinski definition) is 3. The minimum absolute atomic E-state index is 0. The van der Waals surface area contributed by atoms with Crippen LogP contribution in [0.25, 0.3) is 0 Å². The fraction of sp³-hybridized carbons (Fsp3) is 0.600. The van der Waals surface area contributed by atoms with Gasteiger partial charge in [0.25, 0.3) is 0 Å². The zero-order valence-electron chi connectivity index (χ0n) is 15.6. The van der Waals surface area contributed by atoms with Crippen LogP contribution in [0.5, 0.6) is 0 Å². The van der Waals surface area contributed by atoms with Gasteiger partial charge in [0.15, 0.2) is 0 Å². The average Bonchev–Trinajstić information content (AvgIpc) is 3.23. The highest BCUT2D eigenvalue weighted by Crippen LogP contribution is 2.44. The number of rotatable bonds is 3. The molecule has 1 aromatic rings. The van der Waals surface area contributed by atoms with Crippen molar-refractivity contribution in [2.24, 2.45) is 11.8 Å². The van der Waals surface area contributed by atoms with Gasteiger partial charge < -0.3 is 9.80 Å². The molecule has 4 rings (SSSR count). The number of carbonyl (C=O) groups excluding carboxylic acids is 2. The van der Waals surface area contributed by atoms with E-state index in [0.29, 0.717) is 24.3 Å². The first-order valence-corrected chi connectivity index (χ1v) is 9.36. The van der Waals surface area contributed by atoms with Crippen molar-refractivity contribution in [3.05, 3.63) is 35.4 Å². The molecule has 142 valence electrons. The van der Waals surface area contributed by atoms with Crippen molar-refractivity contribution in [1.82, 2.24) is 14.7 Å². The van der Waals surface area contributed by atoms with E-state index in [-0.39, 0.29) is 30.8 Å². The molecule has 5 nitrogen and oxygen atoms in total. The summed E-state index contributed by atoms with van der Waals surface area (Å²) in [6.07, 6.45) is 1.48. The van der Waals surface area contributed by atoms with E-state index in [1.165, 1.54) is 11.1 Å². The average molecular weight is 378 g/mol. The van der Waals surface area contributed by atoms with Crippen LogP contribution in [0.4, 0.5) is 0 Å². The third kappa shape index (κ3) is 3.35. The monoisotopic (exact) mass is 377 g/mol. The second kappa shape index (κ2) is 7.57. The first-order valence-electron chi connectivity index (χ1n) is 9.36. The first kappa shape index (κ1) is 19.2. The van der Waals surface area contributed by atoms with Gasteiger partial charge in [-0.05, 0) is 37.4 Å². The molecule has 2 amide bonds. The van der Waals surface area contributed by atoms with Gasteiger partial charge in [-0.3, -0.25) is 14.5 Å². The molecule has 3 heterocycles. The second-order valence-corrected chi connectivity index (χ2v) is 7.88. The summed E-state index contributed by atoms with van der Waals surface area (Å²) in [6.45, 7) is 5.86. The first-order chi connectivity index (χ1) is 12.0. The van der Waals surface area contributed by atoms with Gasteiger partial charge in [0.05, 0.1) is 6.54 Å². The minimum Gasteiger partial charge on any atom is -0.340 e. The van der Waals surface area contributed by atoms with E-state index in [0.717, 1.165) is 32.6 Å². The van der Waals surface area contributed by atoms with E-state index in [1.807, 2.05) is 4.90 Å². The van der Waals surface area contributed by atoms with Gasteiger partial charge in [0.1, 0.15) is 0 Å². The van der Waals surface area contributed by atoms with E-state index in [1.54, 1.807) is 4.90 Å². The van der Waals surface area contributed by atoms with Crippen molar-refractivity contribution in [3.8, 4) is 0 Å². The lowest BCUT2D eigenvalue weighted by Crippen LogP contribution is -2.41. The van der Waals surface area contributed by atoms with Crippen LogP contribution in [-0.2, 0) is 9.59 Å². The zero-order chi connectivity index (χ0) is 17.6. The Balaban J connectivity index is 0.00000196. The number of fused-ring (bicyclic) bond motifs is 1. The third-order valence-electron chi connectivity index (χ3n) is 6.25. The molecule has 0 saturated carbocycles. The Kier molecular flexibility index (Phi) is 5.58. The minimum atomic E-state index is 0. The topological polar surface area (TPSA) is 43.9 Å². The summed E-state index contributed by atoms with van der Waals surface area (Å²) in [5.41, 5.74) is 2.72. The molecule has 0 unspecified atom stereocenters. The van der Waals surface area contributed by atoms with Crippen molar-refractivity contribution in [2.75, 3.05) is 39.8 Å². The van der Waals surface area contributed by atoms with Gasteiger partial charge in [-0.25, -0.2) is 0 Å². The fourth-order valence-electron chi connectivity index (χ4n) is 4.98. The van der Waals surface area contributed by atoms with Gasteiger partial charge in [-0.2, -0.15) is 0 Å². The number of aryl methyl sites for hydroxylation is 1. The van der Waals surface area contributed by atoms with Crippen LogP contribution in [0.15, 0.2) is 24.3 Å². The molecular formula is C20H28ClN3O2. The van der Waals surface area contributed by atoms with E-state index >= 15 is 0 Å². The summed E-state index contributed by atoms with van der Waals surface area (Å²) in [6, 6.07) is 8.99. The Morgan fingerprint density at radius 2 is 1.96 bits per heavy atom. The van der Waals surface area contributed by atoms with Gasteiger partial charge in [-0.15, -0.1) is 12.4 Å². The maximum atomic E-state index is 12.7. The molecule has 0 aromatic heterocycles. The number of likely N-dealkylation sites (tertiary alicyclic amines) is 3. The molecule has 1 aromatic carbocycles. The van der Waals surface area contributed by atoms with Gasteiger partial charge in [0, 0.05) is 44.6 Å². The summed E-state index contributed by atoms with van der Waals surface area (Å²) in [7, 11) is 2.20. The maximum Gasteiger partial charge on any atom is 0.242 e. The van der Waals surface area contributed by atoms with Gasteiger partial charge in [-0.1, -0.05) is 24.3 Å². The smallest absolute Gasteiger partial charge is 0.242 e. The number of amides is 2. The van der Waals surface area contributed by atoms with Crippen molar-refractivity contribution in [1.29, 1.82) is 0 Å². The Bertz CT molecular complexity index is 695. The van der Waals surface area contributed by atoms with Gasteiger partial charge >= 0.3 is 0 Å². The van der Waals surface area contributed by atoms with E-state index in [2.05, 4.69) is 43.1 Å². The number of benzene rings is 1. The lowest BCUT2D eigenvalue weighted by molar-refractivity contribution is -0.138. The molecule has 3 saturated heterocycles. The second-order valence-electron chi connectivity index (χ2n) is 7.88. The number of halogens is 1. The summed E-state index contributed by atoms with van der Waals surface area (Å²) >= 11 is 0. The van der Waals surface area contributed by atoms with Crippen molar-refractivity contribution >= 4 is 24.2 Å². The van der Waals surface area contributed by atoms with Gasteiger partial charge in [0.2, 0.25) is 11.8 Å². The molecular weight excluding hydrogens is 350 g/mol. The molecule has 0 spiro atoms. The quantitative estimate of drug-likeness (QED) is 0.810. The van der Waals surface area contributed by atoms with Crippen LogP contribution in [0, 0.1) is 18.8 Å². The Morgan fingerprint density at radius 1 is 1.19 bits per heavy atom. The molecule has 0 radical (unpaired) electrons. The number of carbonyl (C=O) groups is 2. The SMILES string of the molecule is Cc1ccccc1[C@@H]1[C@@H]2CN(C(=O)CN3CCCC3=O)C[C@@H]2CN1C.Cl. The highest BCUT2D eigenvalue weighted by atomic mass is 35.5. The van der Waals surface area contributed by atoms with Crippen LogP contribution >= 0.6 is 12.4 Å². The molecule has 3 fully saturated rings. The number of nitrogens with zero attached hydrogens (tertiary/aromatic N) is 3. The lowest BCUT2D eigenvalue weighted by Gasteiger charge is -2.28. The summed E-state index contributed by atoms with van der Waals surface area (Å²) in [5.74, 6) is 1.28. The summed E-state index contributed by atoms with van der Waals surface area (Å²) < 4.78 is 0. The summed E-state index contributed by atoms with van der Waals surface area (Å²) in [5, 5.41) is 0. The fourth-order valence-corrected chi connectivity index (χ4v) is 4.98. The maximum absolute atomic E-state index is 12.7. The van der Waals surface area contributed by atoms with Crippen LogP contribution in [-0.4, -0.2) is 66.3 Å². The molecule has 3 aliphatic rings. The predicted molar refractivity (Wildman–Crippen MR) is 103 cm³/mol. The Labute approximate surface area is 161 Å². The van der Waals surface area contributed by atoms with Crippen molar-refractivity contribution < 1.29 is 9.59 Å². The molecule has 6 heteroatoms. The molecule has 3 aliphatic heterocycles. The van der Waals surface area contributed by atoms with Crippen LogP contribution in [0.3, 0.4) is 0 Å². The molecule has 0 bridgehead atoms. The molecule has 0 aliphatic carbocycles. The van der Waals surface area contributed by atoms with E-state index < -0.39 is 0 Å². The largest absolute Gasteiger partial charge is 0.340 e. The van der Waals surface area contributed by atoms with Crippen molar-refractivity contribution in [3.63, 3.8) is 0 Å². The van der Waals surface area contributed by atoms with Crippen LogP contribution in [0.1, 0.15) is 30.0 Å². The zero-order valence-corrected chi connectivity index (χ0v) is 16.4. The van der Waals surface area contributed by atoms with Crippen molar-refractivity contribution in [2.45, 2.75) is 25.8 Å². The Hall–Kier alpha value is -1.59.